The van der Waals surface area contributed by atoms with Crippen LogP contribution in [-0.4, -0.2) is 42.3 Å². The summed E-state index contributed by atoms with van der Waals surface area (Å²) in [5.41, 5.74) is -0.0736. The molecule has 5 nitrogen and oxygen atoms in total. The molecule has 1 aromatic heterocycles. The van der Waals surface area contributed by atoms with E-state index in [1.807, 2.05) is 0 Å². The number of hydrogen-bond donors (Lipinski definition) is 0. The van der Waals surface area contributed by atoms with E-state index in [1.54, 1.807) is 14.1 Å². The van der Waals surface area contributed by atoms with Crippen LogP contribution in [0.15, 0.2) is 6.20 Å². The number of esters is 1. The van der Waals surface area contributed by atoms with Crippen LogP contribution in [-0.2, 0) is 15.7 Å². The number of aromatic nitrogens is 2. The normalized spacial score (nSPS) is 12.4. The lowest BCUT2D eigenvalue weighted by atomic mass is 10.3. The fraction of sp³-hybridized carbons (Fsp3) is 0.444. The minimum atomic E-state index is -4.57. The van der Waals surface area contributed by atoms with Gasteiger partial charge in [-0.1, -0.05) is 11.3 Å². The highest BCUT2D eigenvalue weighted by molar-refractivity contribution is 7.12. The number of ether oxygens (including phenoxy) is 1. The third kappa shape index (κ3) is 3.42. The number of carbonyl (C=O) groups is 1. The molecule has 0 saturated heterocycles. The second-order valence-corrected chi connectivity index (χ2v) is 4.39. The zero-order chi connectivity index (χ0) is 13.9. The molecule has 0 unspecified atom stereocenters. The van der Waals surface area contributed by atoms with Crippen molar-refractivity contribution in [3.63, 3.8) is 0 Å². The third-order valence-corrected chi connectivity index (χ3v) is 2.69. The average Bonchev–Trinajstić information content (AvgIpc) is 2.73. The lowest BCUT2D eigenvalue weighted by molar-refractivity contribution is -0.138. The van der Waals surface area contributed by atoms with Crippen LogP contribution < -0.4 is 0 Å². The molecule has 0 spiro atoms. The fourth-order valence-electron chi connectivity index (χ4n) is 1.01. The van der Waals surface area contributed by atoms with E-state index in [1.165, 1.54) is 11.1 Å². The molecular formula is C9H10F3N3O2S. The predicted octanol–water partition coefficient (Wildman–Crippen LogP) is 1.63. The molecule has 0 aliphatic rings. The Labute approximate surface area is 105 Å². The first-order valence-corrected chi connectivity index (χ1v) is 5.45. The summed E-state index contributed by atoms with van der Waals surface area (Å²) in [4.78, 5) is 12.9. The van der Waals surface area contributed by atoms with Crippen LogP contribution in [0.5, 0.6) is 0 Å². The molecule has 100 valence electrons. The van der Waals surface area contributed by atoms with Crippen LogP contribution >= 0.6 is 11.3 Å². The molecule has 1 aromatic rings. The minimum absolute atomic E-state index is 0.0736. The summed E-state index contributed by atoms with van der Waals surface area (Å²) in [6.45, 7) is 0. The smallest absolute Gasteiger partial charge is 0.445 e. The Bertz CT molecular complexity index is 468. The number of alkyl halides is 3. The minimum Gasteiger partial charge on any atom is -0.465 e. The van der Waals surface area contributed by atoms with Crippen molar-refractivity contribution in [2.75, 3.05) is 21.2 Å². The van der Waals surface area contributed by atoms with Crippen LogP contribution in [0.25, 0.3) is 5.57 Å². The number of rotatable bonds is 3. The molecule has 0 saturated carbocycles. The second-order valence-electron chi connectivity index (χ2n) is 3.41. The van der Waals surface area contributed by atoms with E-state index in [9.17, 15) is 18.0 Å². The summed E-state index contributed by atoms with van der Waals surface area (Å²) < 4.78 is 41.6. The first-order valence-electron chi connectivity index (χ1n) is 4.63. The van der Waals surface area contributed by atoms with Crippen molar-refractivity contribution in [2.24, 2.45) is 0 Å². The molecule has 0 fully saturated rings. The molecular weight excluding hydrogens is 271 g/mol. The van der Waals surface area contributed by atoms with Gasteiger partial charge < -0.3 is 9.64 Å². The van der Waals surface area contributed by atoms with Crippen LogP contribution in [0, 0.1) is 0 Å². The number of nitrogens with zero attached hydrogens (tertiary/aromatic N) is 3. The Morgan fingerprint density at radius 2 is 2.00 bits per heavy atom. The van der Waals surface area contributed by atoms with Crippen LogP contribution in [0.3, 0.4) is 0 Å². The molecule has 0 aromatic carbocycles. The molecule has 9 heteroatoms. The second kappa shape index (κ2) is 5.34. The highest BCUT2D eigenvalue weighted by Gasteiger charge is 2.36. The SMILES string of the molecule is COC(=O)C(=CN(C)C)c1nnc(C(F)(F)F)s1. The Balaban J connectivity index is 3.16. The van der Waals surface area contributed by atoms with E-state index in [-0.39, 0.29) is 10.6 Å². The average molecular weight is 281 g/mol. The van der Waals surface area contributed by atoms with Crippen LogP contribution in [0.4, 0.5) is 13.2 Å². The van der Waals surface area contributed by atoms with Gasteiger partial charge in [-0.3, -0.25) is 0 Å². The van der Waals surface area contributed by atoms with Gasteiger partial charge in [0.2, 0.25) is 5.01 Å². The van der Waals surface area contributed by atoms with E-state index in [2.05, 4.69) is 14.9 Å². The van der Waals surface area contributed by atoms with Gasteiger partial charge in [0.05, 0.1) is 7.11 Å². The van der Waals surface area contributed by atoms with Crippen molar-refractivity contribution in [1.82, 2.24) is 15.1 Å². The van der Waals surface area contributed by atoms with Crippen molar-refractivity contribution in [3.05, 3.63) is 16.2 Å². The lowest BCUT2D eigenvalue weighted by Crippen LogP contribution is -2.10. The van der Waals surface area contributed by atoms with Gasteiger partial charge in [-0.05, 0) is 0 Å². The monoisotopic (exact) mass is 281 g/mol. The number of halogens is 3. The molecule has 0 N–H and O–H groups in total. The van der Waals surface area contributed by atoms with Crippen molar-refractivity contribution < 1.29 is 22.7 Å². The van der Waals surface area contributed by atoms with Gasteiger partial charge in [-0.2, -0.15) is 13.2 Å². The van der Waals surface area contributed by atoms with Crippen molar-refractivity contribution in [1.29, 1.82) is 0 Å². The van der Waals surface area contributed by atoms with Gasteiger partial charge in [-0.15, -0.1) is 10.2 Å². The summed E-state index contributed by atoms with van der Waals surface area (Å²) >= 11 is 0.291. The zero-order valence-corrected chi connectivity index (χ0v) is 10.6. The maximum Gasteiger partial charge on any atom is 0.445 e. The third-order valence-electron chi connectivity index (χ3n) is 1.69. The van der Waals surface area contributed by atoms with E-state index in [0.29, 0.717) is 11.3 Å². The van der Waals surface area contributed by atoms with E-state index in [0.717, 1.165) is 7.11 Å². The van der Waals surface area contributed by atoms with Gasteiger partial charge in [0.15, 0.2) is 5.01 Å². The number of carbonyl (C=O) groups excluding carboxylic acids is 1. The van der Waals surface area contributed by atoms with Gasteiger partial charge in [-0.25, -0.2) is 4.79 Å². The standard InChI is InChI=1S/C9H10F3N3O2S/c1-15(2)4-5(7(16)17-3)6-13-14-8(18-6)9(10,11)12/h4H,1-3H3. The topological polar surface area (TPSA) is 55.3 Å². The summed E-state index contributed by atoms with van der Waals surface area (Å²) in [6, 6.07) is 0. The molecule has 1 rings (SSSR count). The summed E-state index contributed by atoms with van der Waals surface area (Å²) in [5, 5.41) is 5.12. The molecule has 0 atom stereocenters. The molecule has 0 amide bonds. The quantitative estimate of drug-likeness (QED) is 0.622. The van der Waals surface area contributed by atoms with Gasteiger partial charge in [0.25, 0.3) is 0 Å². The number of hydrogen-bond acceptors (Lipinski definition) is 6. The lowest BCUT2D eigenvalue weighted by Gasteiger charge is -2.07. The summed E-state index contributed by atoms with van der Waals surface area (Å²) in [7, 11) is 4.38. The highest BCUT2D eigenvalue weighted by atomic mass is 32.1. The molecule has 0 bridgehead atoms. The zero-order valence-electron chi connectivity index (χ0n) is 9.78. The summed E-state index contributed by atoms with van der Waals surface area (Å²) in [6.07, 6.45) is -3.25. The molecule has 0 aliphatic carbocycles. The van der Waals surface area contributed by atoms with Gasteiger partial charge in [0.1, 0.15) is 5.57 Å². The van der Waals surface area contributed by atoms with Crippen LogP contribution in [0.1, 0.15) is 10.0 Å². The molecule has 0 aliphatic heterocycles. The predicted molar refractivity (Wildman–Crippen MR) is 58.6 cm³/mol. The van der Waals surface area contributed by atoms with Crippen LogP contribution in [0.2, 0.25) is 0 Å². The Morgan fingerprint density at radius 3 is 2.39 bits per heavy atom. The molecule has 0 radical (unpaired) electrons. The van der Waals surface area contributed by atoms with Crippen molar-refractivity contribution in [3.8, 4) is 0 Å². The first kappa shape index (κ1) is 14.4. The maximum absolute atomic E-state index is 12.4. The van der Waals surface area contributed by atoms with Crippen molar-refractivity contribution in [2.45, 2.75) is 6.18 Å². The van der Waals surface area contributed by atoms with Crippen molar-refractivity contribution >= 4 is 22.9 Å². The highest BCUT2D eigenvalue weighted by Crippen LogP contribution is 2.33. The fourth-order valence-corrected chi connectivity index (χ4v) is 1.72. The summed E-state index contributed by atoms with van der Waals surface area (Å²) in [5.74, 6) is -0.770. The maximum atomic E-state index is 12.4. The van der Waals surface area contributed by atoms with Gasteiger partial charge >= 0.3 is 12.1 Å². The molecule has 1 heterocycles. The van der Waals surface area contributed by atoms with E-state index >= 15 is 0 Å². The number of methoxy groups -OCH3 is 1. The Morgan fingerprint density at radius 1 is 1.39 bits per heavy atom. The van der Waals surface area contributed by atoms with E-state index < -0.39 is 17.2 Å². The Kier molecular flexibility index (Phi) is 4.28. The van der Waals surface area contributed by atoms with E-state index in [4.69, 9.17) is 0 Å². The Hall–Kier alpha value is -1.64. The first-order chi connectivity index (χ1) is 8.25. The molecule has 18 heavy (non-hydrogen) atoms. The van der Waals surface area contributed by atoms with Gasteiger partial charge in [0, 0.05) is 20.3 Å². The largest absolute Gasteiger partial charge is 0.465 e.